The molecule has 0 aliphatic carbocycles. The van der Waals surface area contributed by atoms with Crippen molar-refractivity contribution in [2.45, 2.75) is 32.8 Å². The SMILES string of the molecule is CC(C)[C@H](OC(=O)[C@@H]1CCC(=O)NC1)C(=O)Nc1cccc2ncccc12. The Kier molecular flexibility index (Phi) is 5.69. The lowest BCUT2D eigenvalue weighted by atomic mass is 9.99. The highest BCUT2D eigenvalue weighted by molar-refractivity contribution is 6.03. The van der Waals surface area contributed by atoms with Gasteiger partial charge in [0.2, 0.25) is 5.91 Å². The van der Waals surface area contributed by atoms with Crippen LogP contribution in [-0.4, -0.2) is 35.4 Å². The standard InChI is InChI=1S/C20H23N3O4/c1-12(2)18(27-20(26)13-8-9-17(24)22-11-13)19(25)23-16-7-3-6-15-14(16)5-4-10-21-15/h3-7,10,12-13,18H,8-9,11H2,1-2H3,(H,22,24)(H,23,25)/t13-,18+/m1/s1. The zero-order valence-electron chi connectivity index (χ0n) is 15.4. The molecule has 2 aromatic rings. The van der Waals surface area contributed by atoms with Gasteiger partial charge in [0, 0.05) is 24.5 Å². The van der Waals surface area contributed by atoms with Crippen LogP contribution in [0.2, 0.25) is 0 Å². The molecule has 2 atom stereocenters. The van der Waals surface area contributed by atoms with Gasteiger partial charge in [0.05, 0.1) is 17.1 Å². The summed E-state index contributed by atoms with van der Waals surface area (Å²) in [4.78, 5) is 40.7. The number of carbonyl (C=O) groups is 3. The Hall–Kier alpha value is -2.96. The molecule has 142 valence electrons. The van der Waals surface area contributed by atoms with Gasteiger partial charge in [0.1, 0.15) is 0 Å². The predicted octanol–water partition coefficient (Wildman–Crippen LogP) is 2.27. The zero-order chi connectivity index (χ0) is 19.4. The first-order valence-electron chi connectivity index (χ1n) is 9.07. The van der Waals surface area contributed by atoms with Crippen LogP contribution in [0.1, 0.15) is 26.7 Å². The van der Waals surface area contributed by atoms with Gasteiger partial charge in [-0.3, -0.25) is 19.4 Å². The highest BCUT2D eigenvalue weighted by Crippen LogP contribution is 2.23. The molecule has 0 bridgehead atoms. The Morgan fingerprint density at radius 1 is 1.26 bits per heavy atom. The van der Waals surface area contributed by atoms with Crippen molar-refractivity contribution in [1.29, 1.82) is 0 Å². The molecule has 0 unspecified atom stereocenters. The molecule has 2 N–H and O–H groups in total. The second-order valence-electron chi connectivity index (χ2n) is 7.01. The largest absolute Gasteiger partial charge is 0.452 e. The number of aromatic nitrogens is 1. The summed E-state index contributed by atoms with van der Waals surface area (Å²) in [6, 6.07) is 9.14. The number of nitrogens with one attached hydrogen (secondary N) is 2. The van der Waals surface area contributed by atoms with E-state index in [0.717, 1.165) is 10.9 Å². The van der Waals surface area contributed by atoms with E-state index in [4.69, 9.17) is 4.74 Å². The summed E-state index contributed by atoms with van der Waals surface area (Å²) >= 11 is 0. The Morgan fingerprint density at radius 2 is 2.07 bits per heavy atom. The molecular formula is C20H23N3O4. The number of esters is 1. The normalized spacial score (nSPS) is 18.0. The van der Waals surface area contributed by atoms with Crippen molar-refractivity contribution in [3.8, 4) is 0 Å². The Morgan fingerprint density at radius 3 is 2.78 bits per heavy atom. The van der Waals surface area contributed by atoms with Gasteiger partial charge in [-0.15, -0.1) is 0 Å². The van der Waals surface area contributed by atoms with Crippen LogP contribution in [0.15, 0.2) is 36.5 Å². The molecular weight excluding hydrogens is 346 g/mol. The lowest BCUT2D eigenvalue weighted by Crippen LogP contribution is -2.43. The van der Waals surface area contributed by atoms with Crippen molar-refractivity contribution >= 4 is 34.4 Å². The molecule has 7 heteroatoms. The van der Waals surface area contributed by atoms with Gasteiger partial charge < -0.3 is 15.4 Å². The van der Waals surface area contributed by atoms with Crippen molar-refractivity contribution in [3.63, 3.8) is 0 Å². The minimum Gasteiger partial charge on any atom is -0.452 e. The summed E-state index contributed by atoms with van der Waals surface area (Å²) in [6.07, 6.45) is 1.50. The Labute approximate surface area is 157 Å². The number of pyridine rings is 1. The molecule has 1 aromatic heterocycles. The topological polar surface area (TPSA) is 97.4 Å². The average Bonchev–Trinajstić information content (AvgIpc) is 2.66. The third kappa shape index (κ3) is 4.42. The highest BCUT2D eigenvalue weighted by atomic mass is 16.5. The molecule has 3 rings (SSSR count). The number of fused-ring (bicyclic) bond motifs is 1. The van der Waals surface area contributed by atoms with E-state index in [9.17, 15) is 14.4 Å². The van der Waals surface area contributed by atoms with Gasteiger partial charge in [-0.05, 0) is 36.6 Å². The molecule has 1 aliphatic rings. The van der Waals surface area contributed by atoms with Crippen molar-refractivity contribution < 1.29 is 19.1 Å². The van der Waals surface area contributed by atoms with E-state index >= 15 is 0 Å². The first-order chi connectivity index (χ1) is 13.0. The van der Waals surface area contributed by atoms with Crippen LogP contribution in [-0.2, 0) is 19.1 Å². The van der Waals surface area contributed by atoms with Gasteiger partial charge in [-0.2, -0.15) is 0 Å². The number of rotatable bonds is 5. The zero-order valence-corrected chi connectivity index (χ0v) is 15.4. The van der Waals surface area contributed by atoms with Crippen molar-refractivity contribution in [3.05, 3.63) is 36.5 Å². The molecule has 0 radical (unpaired) electrons. The van der Waals surface area contributed by atoms with Crippen LogP contribution in [0.5, 0.6) is 0 Å². The first-order valence-corrected chi connectivity index (χ1v) is 9.07. The van der Waals surface area contributed by atoms with E-state index in [-0.39, 0.29) is 24.3 Å². The van der Waals surface area contributed by atoms with E-state index in [0.29, 0.717) is 18.5 Å². The third-order valence-electron chi connectivity index (χ3n) is 4.61. The van der Waals surface area contributed by atoms with E-state index < -0.39 is 18.0 Å². The highest BCUT2D eigenvalue weighted by Gasteiger charge is 2.32. The number of carbonyl (C=O) groups excluding carboxylic acids is 3. The predicted molar refractivity (Wildman–Crippen MR) is 101 cm³/mol. The molecule has 1 saturated heterocycles. The number of hydrogen-bond acceptors (Lipinski definition) is 5. The Bertz CT molecular complexity index is 850. The van der Waals surface area contributed by atoms with Crippen molar-refractivity contribution in [2.75, 3.05) is 11.9 Å². The first kappa shape index (κ1) is 18.8. The smallest absolute Gasteiger partial charge is 0.311 e. The van der Waals surface area contributed by atoms with Gasteiger partial charge >= 0.3 is 5.97 Å². The van der Waals surface area contributed by atoms with Crippen LogP contribution in [0.3, 0.4) is 0 Å². The summed E-state index contributed by atoms with van der Waals surface area (Å²) in [5, 5.41) is 6.33. The number of benzene rings is 1. The molecule has 1 aliphatic heterocycles. The minimum atomic E-state index is -0.915. The van der Waals surface area contributed by atoms with Crippen molar-refractivity contribution in [2.24, 2.45) is 11.8 Å². The van der Waals surface area contributed by atoms with Crippen LogP contribution >= 0.6 is 0 Å². The van der Waals surface area contributed by atoms with Gasteiger partial charge in [-0.1, -0.05) is 19.9 Å². The molecule has 0 saturated carbocycles. The molecule has 2 amide bonds. The molecule has 0 spiro atoms. The number of nitrogens with zero attached hydrogens (tertiary/aromatic N) is 1. The van der Waals surface area contributed by atoms with Crippen LogP contribution in [0, 0.1) is 11.8 Å². The van der Waals surface area contributed by atoms with Crippen LogP contribution < -0.4 is 10.6 Å². The molecule has 1 fully saturated rings. The summed E-state index contributed by atoms with van der Waals surface area (Å²) in [7, 11) is 0. The van der Waals surface area contributed by atoms with Gasteiger partial charge in [-0.25, -0.2) is 0 Å². The fraction of sp³-hybridized carbons (Fsp3) is 0.400. The lowest BCUT2D eigenvalue weighted by Gasteiger charge is -2.26. The van der Waals surface area contributed by atoms with E-state index in [1.165, 1.54) is 0 Å². The lowest BCUT2D eigenvalue weighted by molar-refractivity contribution is -0.161. The Balaban J connectivity index is 1.71. The third-order valence-corrected chi connectivity index (χ3v) is 4.61. The fourth-order valence-electron chi connectivity index (χ4n) is 3.06. The average molecular weight is 369 g/mol. The molecule has 7 nitrogen and oxygen atoms in total. The number of hydrogen-bond donors (Lipinski definition) is 2. The van der Waals surface area contributed by atoms with Crippen LogP contribution in [0.4, 0.5) is 5.69 Å². The van der Waals surface area contributed by atoms with Gasteiger partial charge in [0.25, 0.3) is 5.91 Å². The summed E-state index contributed by atoms with van der Waals surface area (Å²) < 4.78 is 5.51. The molecule has 2 heterocycles. The van der Waals surface area contributed by atoms with Gasteiger partial charge in [0.15, 0.2) is 6.10 Å². The maximum Gasteiger partial charge on any atom is 0.311 e. The number of piperidine rings is 1. The number of amides is 2. The summed E-state index contributed by atoms with van der Waals surface area (Å²) in [6.45, 7) is 3.90. The molecule has 1 aromatic carbocycles. The minimum absolute atomic E-state index is 0.0678. The number of ether oxygens (including phenoxy) is 1. The monoisotopic (exact) mass is 369 g/mol. The maximum atomic E-state index is 12.8. The van der Waals surface area contributed by atoms with E-state index in [1.807, 2.05) is 32.0 Å². The fourth-order valence-corrected chi connectivity index (χ4v) is 3.06. The van der Waals surface area contributed by atoms with E-state index in [2.05, 4.69) is 15.6 Å². The second-order valence-corrected chi connectivity index (χ2v) is 7.01. The molecule has 27 heavy (non-hydrogen) atoms. The number of anilines is 1. The van der Waals surface area contributed by atoms with E-state index in [1.54, 1.807) is 18.3 Å². The maximum absolute atomic E-state index is 12.8. The van der Waals surface area contributed by atoms with Crippen LogP contribution in [0.25, 0.3) is 10.9 Å². The van der Waals surface area contributed by atoms with Crippen molar-refractivity contribution in [1.82, 2.24) is 10.3 Å². The quantitative estimate of drug-likeness (QED) is 0.788. The second kappa shape index (κ2) is 8.16. The summed E-state index contributed by atoms with van der Waals surface area (Å²) in [5.74, 6) is -1.52. The summed E-state index contributed by atoms with van der Waals surface area (Å²) in [5.41, 5.74) is 1.39.